The summed E-state index contributed by atoms with van der Waals surface area (Å²) in [5.74, 6) is -0.792. The Balaban J connectivity index is 2.30. The van der Waals surface area contributed by atoms with Crippen molar-refractivity contribution in [2.24, 2.45) is 0 Å². The van der Waals surface area contributed by atoms with Crippen LogP contribution in [0.25, 0.3) is 0 Å². The standard InChI is InChI=1S/C14H16FN3O2S/c1-9-3-4-17-7-11(9)8-18-21(19,20)13-6-12(16)5-10(2)14(13)15/h3-7,18H,8,16H2,1-2H3. The highest BCUT2D eigenvalue weighted by Gasteiger charge is 2.21. The van der Waals surface area contributed by atoms with Crippen LogP contribution in [-0.2, 0) is 16.6 Å². The molecule has 0 unspecified atom stereocenters. The first-order valence-corrected chi connectivity index (χ1v) is 7.74. The number of benzene rings is 1. The maximum Gasteiger partial charge on any atom is 0.243 e. The van der Waals surface area contributed by atoms with Gasteiger partial charge in [-0.05, 0) is 48.7 Å². The van der Waals surface area contributed by atoms with E-state index in [0.29, 0.717) is 0 Å². The molecule has 5 nitrogen and oxygen atoms in total. The van der Waals surface area contributed by atoms with Gasteiger partial charge in [-0.15, -0.1) is 0 Å². The van der Waals surface area contributed by atoms with Crippen molar-refractivity contribution < 1.29 is 12.8 Å². The van der Waals surface area contributed by atoms with Crippen molar-refractivity contribution in [2.75, 3.05) is 5.73 Å². The summed E-state index contributed by atoms with van der Waals surface area (Å²) in [6.07, 6.45) is 3.19. The third-order valence-electron chi connectivity index (χ3n) is 3.13. The van der Waals surface area contributed by atoms with Gasteiger partial charge >= 0.3 is 0 Å². The molecule has 0 aliphatic rings. The Labute approximate surface area is 123 Å². The smallest absolute Gasteiger partial charge is 0.243 e. The van der Waals surface area contributed by atoms with E-state index in [9.17, 15) is 12.8 Å². The molecular weight excluding hydrogens is 293 g/mol. The number of nitrogens with one attached hydrogen (secondary N) is 1. The molecule has 1 aromatic heterocycles. The SMILES string of the molecule is Cc1ccncc1CNS(=O)(=O)c1cc(N)cc(C)c1F. The molecule has 0 radical (unpaired) electrons. The summed E-state index contributed by atoms with van der Waals surface area (Å²) >= 11 is 0. The molecule has 21 heavy (non-hydrogen) atoms. The molecule has 0 fully saturated rings. The van der Waals surface area contributed by atoms with Gasteiger partial charge in [0.05, 0.1) is 0 Å². The van der Waals surface area contributed by atoms with Gasteiger partial charge in [0.25, 0.3) is 0 Å². The fourth-order valence-electron chi connectivity index (χ4n) is 1.89. The summed E-state index contributed by atoms with van der Waals surface area (Å²) in [5.41, 5.74) is 7.60. The molecule has 0 amide bonds. The Morgan fingerprint density at radius 2 is 2.00 bits per heavy atom. The predicted octanol–water partition coefficient (Wildman–Crippen LogP) is 1.90. The first kappa shape index (κ1) is 15.4. The molecule has 3 N–H and O–H groups in total. The molecular formula is C14H16FN3O2S. The molecule has 0 atom stereocenters. The molecule has 2 aromatic rings. The maximum atomic E-state index is 14.0. The van der Waals surface area contributed by atoms with E-state index in [1.165, 1.54) is 13.0 Å². The van der Waals surface area contributed by atoms with Crippen molar-refractivity contribution >= 4 is 15.7 Å². The maximum absolute atomic E-state index is 14.0. The minimum Gasteiger partial charge on any atom is -0.399 e. The first-order valence-electron chi connectivity index (χ1n) is 6.26. The monoisotopic (exact) mass is 309 g/mol. The van der Waals surface area contributed by atoms with E-state index >= 15 is 0 Å². The Hall–Kier alpha value is -1.99. The first-order chi connectivity index (χ1) is 9.81. The number of nitrogens with zero attached hydrogens (tertiary/aromatic N) is 1. The van der Waals surface area contributed by atoms with E-state index in [0.717, 1.165) is 17.2 Å². The molecule has 0 bridgehead atoms. The van der Waals surface area contributed by atoms with Gasteiger partial charge in [0.1, 0.15) is 10.7 Å². The third kappa shape index (κ3) is 3.37. The van der Waals surface area contributed by atoms with Crippen molar-refractivity contribution in [1.29, 1.82) is 0 Å². The number of pyridine rings is 1. The Bertz CT molecular complexity index is 776. The summed E-state index contributed by atoms with van der Waals surface area (Å²) in [5, 5.41) is 0. The highest BCUT2D eigenvalue weighted by Crippen LogP contribution is 2.21. The number of aryl methyl sites for hydroxylation is 2. The average molecular weight is 309 g/mol. The Kier molecular flexibility index (Phi) is 4.24. The van der Waals surface area contributed by atoms with Crippen LogP contribution in [0, 0.1) is 19.7 Å². The van der Waals surface area contributed by atoms with Crippen LogP contribution in [0.3, 0.4) is 0 Å². The number of nitrogen functional groups attached to an aromatic ring is 1. The number of hydrogen-bond donors (Lipinski definition) is 2. The molecule has 0 saturated carbocycles. The van der Waals surface area contributed by atoms with Gasteiger partial charge in [0, 0.05) is 24.6 Å². The summed E-state index contributed by atoms with van der Waals surface area (Å²) < 4.78 is 40.8. The fourth-order valence-corrected chi connectivity index (χ4v) is 3.08. The summed E-state index contributed by atoms with van der Waals surface area (Å²) in [7, 11) is -3.98. The zero-order chi connectivity index (χ0) is 15.6. The largest absolute Gasteiger partial charge is 0.399 e. The van der Waals surface area contributed by atoms with Crippen LogP contribution in [0.4, 0.5) is 10.1 Å². The molecule has 0 spiro atoms. The van der Waals surface area contributed by atoms with E-state index in [1.807, 2.05) is 6.92 Å². The predicted molar refractivity (Wildman–Crippen MR) is 78.5 cm³/mol. The third-order valence-corrected chi connectivity index (χ3v) is 4.53. The van der Waals surface area contributed by atoms with Crippen molar-refractivity contribution in [3.8, 4) is 0 Å². The number of aromatic nitrogens is 1. The molecule has 7 heteroatoms. The van der Waals surface area contributed by atoms with E-state index in [4.69, 9.17) is 5.73 Å². The van der Waals surface area contributed by atoms with E-state index < -0.39 is 20.7 Å². The average Bonchev–Trinajstić information content (AvgIpc) is 2.42. The van der Waals surface area contributed by atoms with Crippen LogP contribution in [-0.4, -0.2) is 13.4 Å². The van der Waals surface area contributed by atoms with Gasteiger partial charge in [-0.3, -0.25) is 4.98 Å². The molecule has 0 aliphatic heterocycles. The van der Waals surface area contributed by atoms with Crippen molar-refractivity contribution in [2.45, 2.75) is 25.3 Å². The van der Waals surface area contributed by atoms with E-state index in [-0.39, 0.29) is 17.8 Å². The summed E-state index contributed by atoms with van der Waals surface area (Å²) in [6, 6.07) is 4.27. The van der Waals surface area contributed by atoms with Gasteiger partial charge in [-0.2, -0.15) is 0 Å². The molecule has 1 heterocycles. The molecule has 0 saturated heterocycles. The minimum atomic E-state index is -3.98. The molecule has 112 valence electrons. The van der Waals surface area contributed by atoms with Crippen molar-refractivity contribution in [3.63, 3.8) is 0 Å². The van der Waals surface area contributed by atoms with Crippen LogP contribution < -0.4 is 10.5 Å². The van der Waals surface area contributed by atoms with E-state index in [2.05, 4.69) is 9.71 Å². The second-order valence-corrected chi connectivity index (χ2v) is 6.51. The number of hydrogen-bond acceptors (Lipinski definition) is 4. The number of halogens is 1. The molecule has 0 aliphatic carbocycles. The highest BCUT2D eigenvalue weighted by molar-refractivity contribution is 7.89. The quantitative estimate of drug-likeness (QED) is 0.845. The van der Waals surface area contributed by atoms with Crippen LogP contribution in [0.5, 0.6) is 0 Å². The van der Waals surface area contributed by atoms with E-state index in [1.54, 1.807) is 18.5 Å². The normalized spacial score (nSPS) is 11.6. The number of sulfonamides is 1. The molecule has 1 aromatic carbocycles. The lowest BCUT2D eigenvalue weighted by atomic mass is 10.2. The second-order valence-electron chi connectivity index (χ2n) is 4.78. The minimum absolute atomic E-state index is 0.0370. The highest BCUT2D eigenvalue weighted by atomic mass is 32.2. The number of nitrogens with two attached hydrogens (primary N) is 1. The topological polar surface area (TPSA) is 85.1 Å². The summed E-state index contributed by atoms with van der Waals surface area (Å²) in [6.45, 7) is 3.35. The lowest BCUT2D eigenvalue weighted by molar-refractivity contribution is 0.553. The zero-order valence-corrected chi connectivity index (χ0v) is 12.5. The van der Waals surface area contributed by atoms with Gasteiger partial charge in [-0.1, -0.05) is 0 Å². The zero-order valence-electron chi connectivity index (χ0n) is 11.7. The Morgan fingerprint density at radius 1 is 1.29 bits per heavy atom. The molecule has 2 rings (SSSR count). The number of rotatable bonds is 4. The fraction of sp³-hybridized carbons (Fsp3) is 0.214. The van der Waals surface area contributed by atoms with Crippen LogP contribution in [0.1, 0.15) is 16.7 Å². The van der Waals surface area contributed by atoms with Gasteiger partial charge in [0.15, 0.2) is 0 Å². The van der Waals surface area contributed by atoms with Gasteiger partial charge < -0.3 is 5.73 Å². The lowest BCUT2D eigenvalue weighted by Gasteiger charge is -2.11. The van der Waals surface area contributed by atoms with Crippen molar-refractivity contribution in [1.82, 2.24) is 9.71 Å². The summed E-state index contributed by atoms with van der Waals surface area (Å²) in [4.78, 5) is 3.49. The second kappa shape index (κ2) is 5.79. The van der Waals surface area contributed by atoms with Crippen LogP contribution >= 0.6 is 0 Å². The van der Waals surface area contributed by atoms with Crippen LogP contribution in [0.15, 0.2) is 35.5 Å². The Morgan fingerprint density at radius 3 is 2.67 bits per heavy atom. The van der Waals surface area contributed by atoms with Crippen LogP contribution in [0.2, 0.25) is 0 Å². The van der Waals surface area contributed by atoms with Crippen molar-refractivity contribution in [3.05, 3.63) is 53.1 Å². The number of anilines is 1. The van der Waals surface area contributed by atoms with Gasteiger partial charge in [-0.25, -0.2) is 17.5 Å². The lowest BCUT2D eigenvalue weighted by Crippen LogP contribution is -2.25. The van der Waals surface area contributed by atoms with Gasteiger partial charge in [0.2, 0.25) is 10.0 Å².